The molecule has 0 spiro atoms. The van der Waals surface area contributed by atoms with Crippen LogP contribution in [0, 0.1) is 0 Å². The van der Waals surface area contributed by atoms with Gasteiger partial charge < -0.3 is 14.7 Å². The lowest BCUT2D eigenvalue weighted by Crippen LogP contribution is -1.96. The number of carboxylic acids is 1. The monoisotopic (exact) mass is 248 g/mol. The Labute approximate surface area is 103 Å². The summed E-state index contributed by atoms with van der Waals surface area (Å²) in [6.07, 6.45) is 0. The standard InChI is InChI=1S/C12H12N2O4/c1-6(2)11-13-10(14-18-11)8-5-7(12(16)17)3-4-9(8)15/h3-6,15H,1-2H3,(H,16,17). The zero-order chi connectivity index (χ0) is 13.3. The van der Waals surface area contributed by atoms with Crippen LogP contribution in [-0.2, 0) is 0 Å². The Kier molecular flexibility index (Phi) is 3.01. The van der Waals surface area contributed by atoms with E-state index in [4.69, 9.17) is 9.63 Å². The second-order valence-corrected chi connectivity index (χ2v) is 4.15. The maximum Gasteiger partial charge on any atom is 0.335 e. The summed E-state index contributed by atoms with van der Waals surface area (Å²) in [6, 6.07) is 3.92. The van der Waals surface area contributed by atoms with E-state index in [1.165, 1.54) is 18.2 Å². The molecule has 0 atom stereocenters. The second kappa shape index (κ2) is 4.48. The van der Waals surface area contributed by atoms with Crippen LogP contribution in [0.5, 0.6) is 5.75 Å². The Morgan fingerprint density at radius 3 is 2.67 bits per heavy atom. The van der Waals surface area contributed by atoms with E-state index in [-0.39, 0.29) is 28.6 Å². The van der Waals surface area contributed by atoms with E-state index in [2.05, 4.69) is 10.1 Å². The number of benzene rings is 1. The van der Waals surface area contributed by atoms with Crippen molar-refractivity contribution in [3.05, 3.63) is 29.7 Å². The lowest BCUT2D eigenvalue weighted by molar-refractivity contribution is 0.0697. The minimum atomic E-state index is -1.08. The molecule has 0 bridgehead atoms. The van der Waals surface area contributed by atoms with Crippen molar-refractivity contribution in [3.8, 4) is 17.1 Å². The highest BCUT2D eigenvalue weighted by molar-refractivity contribution is 5.89. The van der Waals surface area contributed by atoms with Gasteiger partial charge in [-0.25, -0.2) is 4.79 Å². The molecule has 0 aliphatic carbocycles. The number of nitrogens with zero attached hydrogens (tertiary/aromatic N) is 2. The molecular formula is C12H12N2O4. The number of aromatic carboxylic acids is 1. The van der Waals surface area contributed by atoms with Gasteiger partial charge in [-0.2, -0.15) is 4.98 Å². The number of carboxylic acid groups (broad SMARTS) is 1. The van der Waals surface area contributed by atoms with Gasteiger partial charge in [0.05, 0.1) is 11.1 Å². The molecule has 2 N–H and O–H groups in total. The minimum Gasteiger partial charge on any atom is -0.507 e. The number of carbonyl (C=O) groups is 1. The number of hydrogen-bond donors (Lipinski definition) is 2. The maximum absolute atomic E-state index is 10.9. The first-order valence-electron chi connectivity index (χ1n) is 5.39. The van der Waals surface area contributed by atoms with Crippen molar-refractivity contribution in [1.29, 1.82) is 0 Å². The fraction of sp³-hybridized carbons (Fsp3) is 0.250. The highest BCUT2D eigenvalue weighted by atomic mass is 16.5. The van der Waals surface area contributed by atoms with Gasteiger partial charge in [-0.05, 0) is 18.2 Å². The zero-order valence-electron chi connectivity index (χ0n) is 9.91. The van der Waals surface area contributed by atoms with Crippen molar-refractivity contribution in [1.82, 2.24) is 10.1 Å². The molecule has 0 fully saturated rings. The smallest absolute Gasteiger partial charge is 0.335 e. The average molecular weight is 248 g/mol. The van der Waals surface area contributed by atoms with Gasteiger partial charge in [0.2, 0.25) is 11.7 Å². The van der Waals surface area contributed by atoms with Crippen LogP contribution in [0.3, 0.4) is 0 Å². The lowest BCUT2D eigenvalue weighted by atomic mass is 10.1. The SMILES string of the molecule is CC(C)c1nc(-c2cc(C(=O)O)ccc2O)no1. The summed E-state index contributed by atoms with van der Waals surface area (Å²) in [4.78, 5) is 15.0. The summed E-state index contributed by atoms with van der Waals surface area (Å²) in [5, 5.41) is 22.3. The molecular weight excluding hydrogens is 236 g/mol. The number of rotatable bonds is 3. The third-order valence-electron chi connectivity index (χ3n) is 2.42. The molecule has 0 unspecified atom stereocenters. The minimum absolute atomic E-state index is 0.0543. The van der Waals surface area contributed by atoms with Crippen LogP contribution < -0.4 is 0 Å². The average Bonchev–Trinajstić information content (AvgIpc) is 2.78. The van der Waals surface area contributed by atoms with E-state index in [1.54, 1.807) is 0 Å². The topological polar surface area (TPSA) is 96.5 Å². The highest BCUT2D eigenvalue weighted by Gasteiger charge is 2.16. The van der Waals surface area contributed by atoms with Crippen molar-refractivity contribution in [2.45, 2.75) is 19.8 Å². The van der Waals surface area contributed by atoms with E-state index >= 15 is 0 Å². The summed E-state index contributed by atoms with van der Waals surface area (Å²) in [5.74, 6) is -0.486. The lowest BCUT2D eigenvalue weighted by Gasteiger charge is -2.01. The summed E-state index contributed by atoms with van der Waals surface area (Å²) >= 11 is 0. The number of hydrogen-bond acceptors (Lipinski definition) is 5. The predicted octanol–water partition coefficient (Wildman–Crippen LogP) is 2.26. The molecule has 0 radical (unpaired) electrons. The van der Waals surface area contributed by atoms with Crippen LogP contribution in [0.4, 0.5) is 0 Å². The van der Waals surface area contributed by atoms with Gasteiger partial charge in [0, 0.05) is 5.92 Å². The molecule has 0 amide bonds. The first-order chi connectivity index (χ1) is 8.49. The molecule has 18 heavy (non-hydrogen) atoms. The molecule has 0 saturated carbocycles. The Hall–Kier alpha value is -2.37. The molecule has 1 heterocycles. The van der Waals surface area contributed by atoms with Crippen LogP contribution in [0.15, 0.2) is 22.7 Å². The number of phenolic OH excluding ortho intramolecular Hbond substituents is 1. The van der Waals surface area contributed by atoms with E-state index in [1.807, 2.05) is 13.8 Å². The zero-order valence-corrected chi connectivity index (χ0v) is 9.91. The molecule has 94 valence electrons. The molecule has 2 rings (SSSR count). The number of phenols is 1. The maximum atomic E-state index is 10.9. The summed E-state index contributed by atoms with van der Waals surface area (Å²) in [5.41, 5.74) is 0.296. The fourth-order valence-electron chi connectivity index (χ4n) is 1.43. The van der Waals surface area contributed by atoms with Crippen molar-refractivity contribution in [2.24, 2.45) is 0 Å². The van der Waals surface area contributed by atoms with Crippen molar-refractivity contribution in [3.63, 3.8) is 0 Å². The van der Waals surface area contributed by atoms with Crippen LogP contribution in [0.25, 0.3) is 11.4 Å². The summed E-state index contributed by atoms with van der Waals surface area (Å²) < 4.78 is 5.02. The molecule has 6 heteroatoms. The van der Waals surface area contributed by atoms with Gasteiger partial charge >= 0.3 is 5.97 Å². The van der Waals surface area contributed by atoms with Gasteiger partial charge in [0.15, 0.2) is 0 Å². The van der Waals surface area contributed by atoms with E-state index in [0.29, 0.717) is 5.89 Å². The van der Waals surface area contributed by atoms with E-state index in [0.717, 1.165) is 0 Å². The Morgan fingerprint density at radius 2 is 2.11 bits per heavy atom. The molecule has 0 aliphatic rings. The second-order valence-electron chi connectivity index (χ2n) is 4.15. The van der Waals surface area contributed by atoms with Gasteiger partial charge in [-0.1, -0.05) is 19.0 Å². The Morgan fingerprint density at radius 1 is 1.39 bits per heavy atom. The first kappa shape index (κ1) is 12.1. The highest BCUT2D eigenvalue weighted by Crippen LogP contribution is 2.28. The molecule has 0 saturated heterocycles. The predicted molar refractivity (Wildman–Crippen MR) is 62.4 cm³/mol. The normalized spacial score (nSPS) is 10.8. The van der Waals surface area contributed by atoms with Crippen LogP contribution in [0.2, 0.25) is 0 Å². The van der Waals surface area contributed by atoms with E-state index < -0.39 is 5.97 Å². The Balaban J connectivity index is 2.48. The van der Waals surface area contributed by atoms with Crippen LogP contribution in [0.1, 0.15) is 36.0 Å². The third-order valence-corrected chi connectivity index (χ3v) is 2.42. The summed E-state index contributed by atoms with van der Waals surface area (Å²) in [6.45, 7) is 3.79. The van der Waals surface area contributed by atoms with Crippen LogP contribution in [-0.4, -0.2) is 26.3 Å². The first-order valence-corrected chi connectivity index (χ1v) is 5.39. The van der Waals surface area contributed by atoms with Crippen molar-refractivity contribution in [2.75, 3.05) is 0 Å². The van der Waals surface area contributed by atoms with Gasteiger partial charge in [-0.15, -0.1) is 0 Å². The molecule has 6 nitrogen and oxygen atoms in total. The Bertz CT molecular complexity index is 590. The van der Waals surface area contributed by atoms with Crippen LogP contribution >= 0.6 is 0 Å². The molecule has 1 aromatic heterocycles. The third kappa shape index (κ3) is 2.17. The van der Waals surface area contributed by atoms with Crippen molar-refractivity contribution >= 4 is 5.97 Å². The molecule has 1 aromatic carbocycles. The van der Waals surface area contributed by atoms with Gasteiger partial charge in [-0.3, -0.25) is 0 Å². The fourth-order valence-corrected chi connectivity index (χ4v) is 1.43. The van der Waals surface area contributed by atoms with E-state index in [9.17, 15) is 9.90 Å². The quantitative estimate of drug-likeness (QED) is 0.864. The number of aromatic nitrogens is 2. The molecule has 0 aliphatic heterocycles. The van der Waals surface area contributed by atoms with Gasteiger partial charge in [0.1, 0.15) is 5.75 Å². The number of aromatic hydroxyl groups is 1. The molecule has 2 aromatic rings. The van der Waals surface area contributed by atoms with Crippen molar-refractivity contribution < 1.29 is 19.5 Å². The van der Waals surface area contributed by atoms with Gasteiger partial charge in [0.25, 0.3) is 0 Å². The largest absolute Gasteiger partial charge is 0.507 e. The summed E-state index contributed by atoms with van der Waals surface area (Å²) in [7, 11) is 0.